The monoisotopic (exact) mass is 537 g/mol. The Labute approximate surface area is 232 Å². The highest BCUT2D eigenvalue weighted by Crippen LogP contribution is 2.25. The lowest BCUT2D eigenvalue weighted by Crippen LogP contribution is -2.45. The van der Waals surface area contributed by atoms with Crippen molar-refractivity contribution >= 4 is 40.4 Å². The smallest absolute Gasteiger partial charge is 0.328 e. The molecule has 4 aromatic rings. The van der Waals surface area contributed by atoms with Gasteiger partial charge in [-0.15, -0.1) is 0 Å². The second-order valence-electron chi connectivity index (χ2n) is 9.95. The minimum atomic E-state index is -1.04. The molecule has 0 spiro atoms. The summed E-state index contributed by atoms with van der Waals surface area (Å²) in [4.78, 5) is 40.5. The van der Waals surface area contributed by atoms with Crippen molar-refractivity contribution in [2.45, 2.75) is 44.2 Å². The largest absolute Gasteiger partial charge is 0.490 e. The Morgan fingerprint density at radius 2 is 1.73 bits per heavy atom. The van der Waals surface area contributed by atoms with Crippen LogP contribution >= 0.6 is 0 Å². The lowest BCUT2D eigenvalue weighted by atomic mass is 10.0. The molecule has 0 saturated heterocycles. The summed E-state index contributed by atoms with van der Waals surface area (Å²) in [5, 5.41) is 15.5. The molecule has 8 nitrogen and oxygen atoms in total. The van der Waals surface area contributed by atoms with Gasteiger partial charge in [-0.2, -0.15) is 0 Å². The average Bonchev–Trinajstić information content (AvgIpc) is 3.62. The molecule has 1 aromatic heterocycles. The Hall–Kier alpha value is -4.85. The number of hydrogen-bond donors (Lipinski definition) is 4. The zero-order valence-corrected chi connectivity index (χ0v) is 21.9. The molecule has 1 heterocycles. The van der Waals surface area contributed by atoms with Crippen LogP contribution in [0.25, 0.3) is 17.0 Å². The molecule has 8 heteroatoms. The molecule has 1 saturated carbocycles. The second-order valence-corrected chi connectivity index (χ2v) is 9.95. The SMILES string of the molecule is O=C(O)/C=C/c1cc2cc(NC(=O)C(Cc3ccccc3)NC(=O)c3ccc(OC4CCCC4)cc3)ccc2[nH]1. The number of benzene rings is 3. The van der Waals surface area contributed by atoms with Crippen molar-refractivity contribution in [3.8, 4) is 5.75 Å². The van der Waals surface area contributed by atoms with Gasteiger partial charge >= 0.3 is 5.97 Å². The fourth-order valence-corrected chi connectivity index (χ4v) is 4.90. The molecule has 1 aliphatic carbocycles. The summed E-state index contributed by atoms with van der Waals surface area (Å²) in [6.45, 7) is 0. The topological polar surface area (TPSA) is 121 Å². The normalized spacial score (nSPS) is 14.3. The minimum Gasteiger partial charge on any atom is -0.490 e. The summed E-state index contributed by atoms with van der Waals surface area (Å²) in [6.07, 6.45) is 7.55. The third-order valence-electron chi connectivity index (χ3n) is 6.94. The number of fused-ring (bicyclic) bond motifs is 1. The Morgan fingerprint density at radius 3 is 2.45 bits per heavy atom. The number of hydrogen-bond acceptors (Lipinski definition) is 4. The van der Waals surface area contributed by atoms with E-state index in [1.807, 2.05) is 36.4 Å². The van der Waals surface area contributed by atoms with Gasteiger partial charge in [-0.3, -0.25) is 9.59 Å². The zero-order valence-electron chi connectivity index (χ0n) is 21.9. The molecule has 5 rings (SSSR count). The van der Waals surface area contributed by atoms with E-state index in [0.717, 1.165) is 41.1 Å². The third kappa shape index (κ3) is 6.96. The molecule has 0 bridgehead atoms. The van der Waals surface area contributed by atoms with Crippen molar-refractivity contribution < 1.29 is 24.2 Å². The Morgan fingerprint density at radius 1 is 0.975 bits per heavy atom. The molecule has 1 fully saturated rings. The molecule has 3 aromatic carbocycles. The number of aromatic nitrogens is 1. The van der Waals surface area contributed by atoms with Crippen molar-refractivity contribution in [1.29, 1.82) is 0 Å². The molecule has 40 heavy (non-hydrogen) atoms. The zero-order chi connectivity index (χ0) is 27.9. The van der Waals surface area contributed by atoms with Gasteiger partial charge in [0.15, 0.2) is 0 Å². The number of aromatic amines is 1. The molecule has 4 N–H and O–H groups in total. The fourth-order valence-electron chi connectivity index (χ4n) is 4.90. The van der Waals surface area contributed by atoms with Crippen molar-refractivity contribution in [3.05, 3.63) is 102 Å². The Kier molecular flexibility index (Phi) is 8.25. The van der Waals surface area contributed by atoms with E-state index in [2.05, 4.69) is 15.6 Å². The van der Waals surface area contributed by atoms with Crippen LogP contribution < -0.4 is 15.4 Å². The molecule has 1 atom stereocenters. The van der Waals surface area contributed by atoms with Crippen LogP contribution in [0.15, 0.2) is 84.9 Å². The first-order valence-electron chi connectivity index (χ1n) is 13.4. The van der Waals surface area contributed by atoms with E-state index in [-0.39, 0.29) is 17.9 Å². The average molecular weight is 538 g/mol. The van der Waals surface area contributed by atoms with Crippen LogP contribution in [0.2, 0.25) is 0 Å². The number of carboxylic acids is 1. The third-order valence-corrected chi connectivity index (χ3v) is 6.94. The van der Waals surface area contributed by atoms with E-state index in [1.165, 1.54) is 18.9 Å². The summed E-state index contributed by atoms with van der Waals surface area (Å²) >= 11 is 0. The van der Waals surface area contributed by atoms with Gasteiger partial charge < -0.3 is 25.5 Å². The van der Waals surface area contributed by atoms with Crippen LogP contribution in [0.5, 0.6) is 5.75 Å². The molecule has 0 aliphatic heterocycles. The van der Waals surface area contributed by atoms with E-state index < -0.39 is 12.0 Å². The lowest BCUT2D eigenvalue weighted by Gasteiger charge is -2.19. The van der Waals surface area contributed by atoms with Crippen LogP contribution in [0.3, 0.4) is 0 Å². The number of carboxylic acid groups (broad SMARTS) is 1. The Bertz CT molecular complexity index is 1520. The number of aliphatic carboxylic acids is 1. The maximum absolute atomic E-state index is 13.4. The summed E-state index contributed by atoms with van der Waals surface area (Å²) in [5.74, 6) is -0.992. The van der Waals surface area contributed by atoms with Gasteiger partial charge in [0, 0.05) is 40.3 Å². The summed E-state index contributed by atoms with van der Waals surface area (Å²) in [5.41, 5.74) is 3.36. The van der Waals surface area contributed by atoms with Gasteiger partial charge in [0.25, 0.3) is 5.91 Å². The number of ether oxygens (including phenoxy) is 1. The summed E-state index contributed by atoms with van der Waals surface area (Å²) in [7, 11) is 0. The van der Waals surface area contributed by atoms with Crippen molar-refractivity contribution in [2.24, 2.45) is 0 Å². The number of nitrogens with one attached hydrogen (secondary N) is 3. The van der Waals surface area contributed by atoms with Gasteiger partial charge in [0.2, 0.25) is 5.91 Å². The van der Waals surface area contributed by atoms with Gasteiger partial charge in [0.1, 0.15) is 11.8 Å². The number of anilines is 1. The van der Waals surface area contributed by atoms with E-state index >= 15 is 0 Å². The summed E-state index contributed by atoms with van der Waals surface area (Å²) < 4.78 is 6.00. The predicted octanol–water partition coefficient (Wildman–Crippen LogP) is 5.57. The molecule has 0 radical (unpaired) electrons. The molecule has 1 aliphatic rings. The number of carbonyl (C=O) groups excluding carboxylic acids is 2. The first-order chi connectivity index (χ1) is 19.4. The van der Waals surface area contributed by atoms with Gasteiger partial charge in [-0.25, -0.2) is 4.79 Å². The second kappa shape index (κ2) is 12.3. The van der Waals surface area contributed by atoms with E-state index in [4.69, 9.17) is 9.84 Å². The molecular weight excluding hydrogens is 506 g/mol. The van der Waals surface area contributed by atoms with Crippen molar-refractivity contribution in [1.82, 2.24) is 10.3 Å². The predicted molar refractivity (Wildman–Crippen MR) is 154 cm³/mol. The van der Waals surface area contributed by atoms with Crippen LogP contribution in [0, 0.1) is 0 Å². The highest BCUT2D eigenvalue weighted by atomic mass is 16.5. The standard InChI is InChI=1S/C32H31N3O5/c36-30(37)17-13-24-19-23-20-25(12-16-28(23)33-24)34-32(39)29(18-21-6-2-1-3-7-21)35-31(38)22-10-14-27(15-11-22)40-26-8-4-5-9-26/h1-3,6-7,10-17,19-20,26,29,33H,4-5,8-9,18H2,(H,34,39)(H,35,38)(H,36,37)/b17-13+. The van der Waals surface area contributed by atoms with E-state index in [0.29, 0.717) is 23.4 Å². The van der Waals surface area contributed by atoms with Crippen LogP contribution in [-0.4, -0.2) is 40.0 Å². The number of rotatable bonds is 10. The maximum atomic E-state index is 13.4. The fraction of sp³-hybridized carbons (Fsp3) is 0.219. The number of amides is 2. The first-order valence-corrected chi connectivity index (χ1v) is 13.4. The maximum Gasteiger partial charge on any atom is 0.328 e. The Balaban J connectivity index is 1.29. The van der Waals surface area contributed by atoms with E-state index in [1.54, 1.807) is 42.5 Å². The number of H-pyrrole nitrogens is 1. The van der Waals surface area contributed by atoms with Crippen molar-refractivity contribution in [2.75, 3.05) is 5.32 Å². The van der Waals surface area contributed by atoms with E-state index in [9.17, 15) is 14.4 Å². The number of carbonyl (C=O) groups is 3. The highest BCUT2D eigenvalue weighted by molar-refractivity contribution is 6.02. The highest BCUT2D eigenvalue weighted by Gasteiger charge is 2.23. The first kappa shape index (κ1) is 26.7. The molecule has 204 valence electrons. The quantitative estimate of drug-likeness (QED) is 0.197. The minimum absolute atomic E-state index is 0.233. The molecule has 1 unspecified atom stereocenters. The molecule has 2 amide bonds. The van der Waals surface area contributed by atoms with Crippen molar-refractivity contribution in [3.63, 3.8) is 0 Å². The van der Waals surface area contributed by atoms with Gasteiger partial charge in [-0.1, -0.05) is 30.3 Å². The lowest BCUT2D eigenvalue weighted by molar-refractivity contribution is -0.131. The van der Waals surface area contributed by atoms with Crippen LogP contribution in [0.4, 0.5) is 5.69 Å². The van der Waals surface area contributed by atoms with Crippen LogP contribution in [0.1, 0.15) is 47.3 Å². The van der Waals surface area contributed by atoms with Crippen LogP contribution in [-0.2, 0) is 16.0 Å². The van der Waals surface area contributed by atoms with Gasteiger partial charge in [0.05, 0.1) is 6.10 Å². The van der Waals surface area contributed by atoms with Gasteiger partial charge in [-0.05, 0) is 85.9 Å². The molecular formula is C32H31N3O5. The summed E-state index contributed by atoms with van der Waals surface area (Å²) in [6, 6.07) is 22.9.